The summed E-state index contributed by atoms with van der Waals surface area (Å²) in [5.74, 6) is -1.29. The van der Waals surface area contributed by atoms with Crippen molar-refractivity contribution >= 4 is 33.5 Å². The Hall–Kier alpha value is -3.80. The Balaban J connectivity index is 1.56. The van der Waals surface area contributed by atoms with Crippen LogP contribution in [0.4, 0.5) is 23.4 Å². The van der Waals surface area contributed by atoms with Gasteiger partial charge < -0.3 is 15.4 Å². The second-order valence-corrected chi connectivity index (χ2v) is 8.09. The van der Waals surface area contributed by atoms with Crippen LogP contribution in [0.5, 0.6) is 0 Å². The number of benzene rings is 1. The average Bonchev–Trinajstić information content (AvgIpc) is 3.19. The molecule has 8 nitrogen and oxygen atoms in total. The molecule has 12 heteroatoms. The monoisotopic (exact) mass is 474 g/mol. The summed E-state index contributed by atoms with van der Waals surface area (Å²) >= 11 is 0. The molecule has 0 unspecified atom stereocenters. The van der Waals surface area contributed by atoms with Crippen LogP contribution < -0.4 is 5.73 Å². The van der Waals surface area contributed by atoms with E-state index in [-0.39, 0.29) is 35.7 Å². The van der Waals surface area contributed by atoms with Crippen molar-refractivity contribution in [3.8, 4) is 0 Å². The van der Waals surface area contributed by atoms with E-state index in [0.29, 0.717) is 21.9 Å². The maximum Gasteiger partial charge on any atom is 0.433 e. The fourth-order valence-electron chi connectivity index (χ4n) is 4.25. The van der Waals surface area contributed by atoms with Crippen LogP contribution in [0.2, 0.25) is 0 Å². The summed E-state index contributed by atoms with van der Waals surface area (Å²) in [6.45, 7) is -0.0170. The molecule has 4 aromatic rings. The lowest BCUT2D eigenvalue weighted by atomic mass is 9.98. The topological polar surface area (TPSA) is 99.2 Å². The number of amides is 1. The van der Waals surface area contributed by atoms with Gasteiger partial charge in [-0.05, 0) is 17.7 Å². The van der Waals surface area contributed by atoms with Crippen molar-refractivity contribution in [2.24, 2.45) is 7.05 Å². The Bertz CT molecular complexity index is 1470. The quantitative estimate of drug-likeness (QED) is 0.446. The van der Waals surface area contributed by atoms with Crippen molar-refractivity contribution in [3.63, 3.8) is 0 Å². The van der Waals surface area contributed by atoms with Gasteiger partial charge in [0.1, 0.15) is 17.3 Å². The number of aromatic nitrogens is 4. The second-order valence-electron chi connectivity index (χ2n) is 8.09. The number of anilines is 1. The molecular weight excluding hydrogens is 456 g/mol. The molecule has 34 heavy (non-hydrogen) atoms. The van der Waals surface area contributed by atoms with Gasteiger partial charge in [-0.2, -0.15) is 18.3 Å². The number of nitrogens with zero attached hydrogens (tertiary/aromatic N) is 5. The predicted octanol–water partition coefficient (Wildman–Crippen LogP) is 3.60. The Morgan fingerprint density at radius 1 is 1.24 bits per heavy atom. The minimum Gasteiger partial charge on any atom is -0.383 e. The number of carbonyl (C=O) groups excluding carboxylic acids is 1. The highest BCUT2D eigenvalue weighted by atomic mass is 19.4. The first-order chi connectivity index (χ1) is 16.1. The lowest BCUT2D eigenvalue weighted by Gasteiger charge is -2.33. The van der Waals surface area contributed by atoms with E-state index in [2.05, 4.69) is 15.1 Å². The van der Waals surface area contributed by atoms with Crippen LogP contribution in [-0.4, -0.2) is 44.2 Å². The van der Waals surface area contributed by atoms with Gasteiger partial charge in [0.25, 0.3) is 5.91 Å². The summed E-state index contributed by atoms with van der Waals surface area (Å²) in [4.78, 5) is 22.3. The third kappa shape index (κ3) is 3.41. The molecule has 0 saturated heterocycles. The number of halogens is 4. The van der Waals surface area contributed by atoms with Crippen LogP contribution in [-0.2, 0) is 24.6 Å². The Labute approximate surface area is 189 Å². The average molecular weight is 474 g/mol. The standard InChI is InChI=1S/C22H18F4N6O2/c1-31(17-9-34-8-10-3-18(22(24,25)26)28-6-13(10)17)21(33)11-4-12-16(5-15(11)23)30-20(27)14-7-29-32(2)19(12)14/h3-7,17H,8-9H2,1-2H3,(H2,27,30)/t17-/m0/s1. The number of nitrogen functional groups attached to an aromatic ring is 1. The molecule has 2 N–H and O–H groups in total. The molecule has 176 valence electrons. The van der Waals surface area contributed by atoms with Gasteiger partial charge in [0, 0.05) is 37.3 Å². The highest BCUT2D eigenvalue weighted by Gasteiger charge is 2.36. The normalized spacial score (nSPS) is 16.1. The van der Waals surface area contributed by atoms with E-state index in [1.54, 1.807) is 11.7 Å². The Morgan fingerprint density at radius 2 is 2.00 bits per heavy atom. The minimum absolute atomic E-state index is 0.0293. The SMILES string of the molecule is CN(C(=O)c1cc2c(cc1F)nc(N)c1cnn(C)c12)[C@H]1COCc2cc(C(F)(F)F)ncc21. The fraction of sp³-hybridized carbons (Fsp3) is 0.273. The van der Waals surface area contributed by atoms with Crippen molar-refractivity contribution in [2.45, 2.75) is 18.8 Å². The molecule has 5 rings (SSSR count). The van der Waals surface area contributed by atoms with Gasteiger partial charge >= 0.3 is 6.18 Å². The van der Waals surface area contributed by atoms with Gasteiger partial charge in [-0.3, -0.25) is 14.5 Å². The van der Waals surface area contributed by atoms with Gasteiger partial charge in [0.05, 0.1) is 47.4 Å². The molecule has 0 saturated carbocycles. The number of alkyl halides is 3. The number of hydrogen-bond donors (Lipinski definition) is 1. The number of aryl methyl sites for hydroxylation is 1. The first kappa shape index (κ1) is 22.0. The maximum absolute atomic E-state index is 15.0. The molecule has 3 aromatic heterocycles. The van der Waals surface area contributed by atoms with Crippen molar-refractivity contribution in [1.29, 1.82) is 0 Å². The van der Waals surface area contributed by atoms with E-state index in [4.69, 9.17) is 10.5 Å². The van der Waals surface area contributed by atoms with Crippen LogP contribution in [0, 0.1) is 5.82 Å². The third-order valence-electron chi connectivity index (χ3n) is 6.02. The van der Waals surface area contributed by atoms with Crippen molar-refractivity contribution in [1.82, 2.24) is 24.6 Å². The largest absolute Gasteiger partial charge is 0.433 e. The summed E-state index contributed by atoms with van der Waals surface area (Å²) in [6, 6.07) is 2.67. The van der Waals surface area contributed by atoms with Gasteiger partial charge in [0.2, 0.25) is 0 Å². The highest BCUT2D eigenvalue weighted by molar-refractivity contribution is 6.10. The molecule has 1 amide bonds. The van der Waals surface area contributed by atoms with Gasteiger partial charge in [0.15, 0.2) is 0 Å². The second kappa shape index (κ2) is 7.62. The molecule has 0 fully saturated rings. The lowest BCUT2D eigenvalue weighted by molar-refractivity contribution is -0.141. The number of rotatable bonds is 2. The van der Waals surface area contributed by atoms with Gasteiger partial charge in [-0.1, -0.05) is 0 Å². The maximum atomic E-state index is 15.0. The number of ether oxygens (including phenoxy) is 1. The number of hydrogen-bond acceptors (Lipinski definition) is 6. The molecule has 1 aliphatic rings. The molecular formula is C22H18F4N6O2. The van der Waals surface area contributed by atoms with E-state index >= 15 is 4.39 Å². The van der Waals surface area contributed by atoms with Crippen molar-refractivity contribution in [2.75, 3.05) is 19.4 Å². The number of nitrogens with two attached hydrogens (primary N) is 1. The summed E-state index contributed by atoms with van der Waals surface area (Å²) in [5, 5.41) is 5.22. The first-order valence-electron chi connectivity index (χ1n) is 10.2. The zero-order valence-electron chi connectivity index (χ0n) is 18.0. The van der Waals surface area contributed by atoms with Crippen LogP contribution in [0.25, 0.3) is 21.8 Å². The van der Waals surface area contributed by atoms with Crippen LogP contribution in [0.3, 0.4) is 0 Å². The number of carbonyl (C=O) groups is 1. The molecule has 1 aliphatic heterocycles. The predicted molar refractivity (Wildman–Crippen MR) is 114 cm³/mol. The minimum atomic E-state index is -4.60. The third-order valence-corrected chi connectivity index (χ3v) is 6.02. The zero-order valence-corrected chi connectivity index (χ0v) is 18.0. The molecule has 0 bridgehead atoms. The van der Waals surface area contributed by atoms with Crippen molar-refractivity contribution < 1.29 is 27.1 Å². The van der Waals surface area contributed by atoms with E-state index < -0.39 is 29.6 Å². The lowest BCUT2D eigenvalue weighted by Crippen LogP contribution is -2.37. The smallest absolute Gasteiger partial charge is 0.383 e. The number of pyridine rings is 2. The first-order valence-corrected chi connectivity index (χ1v) is 10.2. The van der Waals surface area contributed by atoms with Gasteiger partial charge in [-0.25, -0.2) is 9.37 Å². The summed E-state index contributed by atoms with van der Waals surface area (Å²) in [6.07, 6.45) is -1.98. The number of fused-ring (bicyclic) bond motifs is 4. The zero-order chi connectivity index (χ0) is 24.4. The van der Waals surface area contributed by atoms with E-state index in [1.807, 2.05) is 0 Å². The molecule has 0 aliphatic carbocycles. The highest BCUT2D eigenvalue weighted by Crippen LogP contribution is 2.35. The molecule has 4 heterocycles. The summed E-state index contributed by atoms with van der Waals surface area (Å²) < 4.78 is 61.2. The van der Waals surface area contributed by atoms with E-state index in [0.717, 1.165) is 18.3 Å². The van der Waals surface area contributed by atoms with Crippen LogP contribution in [0.15, 0.2) is 30.6 Å². The van der Waals surface area contributed by atoms with E-state index in [1.165, 1.54) is 24.2 Å². The van der Waals surface area contributed by atoms with Crippen LogP contribution >= 0.6 is 0 Å². The Kier molecular flexibility index (Phi) is 4.93. The molecule has 0 radical (unpaired) electrons. The fourth-order valence-corrected chi connectivity index (χ4v) is 4.25. The van der Waals surface area contributed by atoms with Crippen molar-refractivity contribution in [3.05, 3.63) is 58.8 Å². The van der Waals surface area contributed by atoms with Crippen LogP contribution in [0.1, 0.15) is 33.2 Å². The molecule has 1 atom stereocenters. The molecule has 0 spiro atoms. The van der Waals surface area contributed by atoms with Gasteiger partial charge in [-0.15, -0.1) is 0 Å². The number of likely N-dealkylation sites (N-methyl/N-ethyl adjacent to an activating group) is 1. The summed E-state index contributed by atoms with van der Waals surface area (Å²) in [5.41, 5.74) is 6.23. The molecule has 1 aromatic carbocycles. The summed E-state index contributed by atoms with van der Waals surface area (Å²) in [7, 11) is 3.13. The van der Waals surface area contributed by atoms with E-state index in [9.17, 15) is 18.0 Å². The Morgan fingerprint density at radius 3 is 2.74 bits per heavy atom.